The fraction of sp³-hybridized carbons (Fsp3) is 0.318. The van der Waals surface area contributed by atoms with E-state index in [1.54, 1.807) is 0 Å². The molecule has 0 radical (unpaired) electrons. The number of nitrogens with zero attached hydrogens (tertiary/aromatic N) is 1. The number of alkyl carbamates (subject to hydrolysis) is 1. The van der Waals surface area contributed by atoms with Gasteiger partial charge in [-0.05, 0) is 28.7 Å². The highest BCUT2D eigenvalue weighted by molar-refractivity contribution is 7.92. The van der Waals surface area contributed by atoms with Crippen LogP contribution in [0, 0.1) is 0 Å². The first kappa shape index (κ1) is 22.5. The molecule has 1 aliphatic carbocycles. The van der Waals surface area contributed by atoms with Crippen LogP contribution in [0.4, 0.5) is 4.79 Å². The number of ether oxygens (including phenoxy) is 1. The third-order valence-electron chi connectivity index (χ3n) is 4.89. The number of aliphatic carboxylic acids is 1. The smallest absolute Gasteiger partial charge is 0.407 e. The van der Waals surface area contributed by atoms with Crippen molar-refractivity contribution < 1.29 is 28.4 Å². The summed E-state index contributed by atoms with van der Waals surface area (Å²) in [6, 6.07) is 14.5. The summed E-state index contributed by atoms with van der Waals surface area (Å²) in [6.45, 7) is 0.0507. The van der Waals surface area contributed by atoms with Crippen LogP contribution < -0.4 is 5.32 Å². The van der Waals surface area contributed by atoms with Crippen LogP contribution in [-0.4, -0.2) is 52.4 Å². The van der Waals surface area contributed by atoms with Gasteiger partial charge in [-0.15, -0.1) is 0 Å². The molecule has 2 aromatic rings. The van der Waals surface area contributed by atoms with Crippen LogP contribution in [-0.2, 0) is 24.1 Å². The molecule has 1 atom stereocenters. The highest BCUT2D eigenvalue weighted by atomic mass is 32.2. The van der Waals surface area contributed by atoms with E-state index in [1.807, 2.05) is 48.5 Å². The molecule has 8 nitrogen and oxygen atoms in total. The highest BCUT2D eigenvalue weighted by Gasteiger charge is 2.30. The molecule has 9 heteroatoms. The van der Waals surface area contributed by atoms with Crippen molar-refractivity contribution in [2.45, 2.75) is 24.8 Å². The maximum absolute atomic E-state index is 12.4. The Kier molecular flexibility index (Phi) is 6.74. The van der Waals surface area contributed by atoms with Gasteiger partial charge in [0.2, 0.25) is 0 Å². The Balaban J connectivity index is 1.71. The minimum absolute atomic E-state index is 0.0507. The number of rotatable bonds is 7. The Morgan fingerprint density at radius 3 is 2.13 bits per heavy atom. The molecule has 1 unspecified atom stereocenters. The minimum atomic E-state index is -2.75. The molecular weight excluding hydrogens is 420 g/mol. The zero-order valence-corrected chi connectivity index (χ0v) is 18.1. The van der Waals surface area contributed by atoms with E-state index in [9.17, 15) is 18.6 Å². The van der Waals surface area contributed by atoms with E-state index in [0.29, 0.717) is 0 Å². The Bertz CT molecular complexity index is 1080. The van der Waals surface area contributed by atoms with Crippen LogP contribution in [0.15, 0.2) is 52.9 Å². The van der Waals surface area contributed by atoms with Crippen molar-refractivity contribution in [2.75, 3.05) is 19.1 Å². The summed E-state index contributed by atoms with van der Waals surface area (Å²) in [7, 11) is -2.75. The van der Waals surface area contributed by atoms with E-state index >= 15 is 0 Å². The van der Waals surface area contributed by atoms with Crippen molar-refractivity contribution in [3.63, 3.8) is 0 Å². The molecule has 1 aliphatic rings. The van der Waals surface area contributed by atoms with Crippen LogP contribution in [0.25, 0.3) is 11.1 Å². The molecule has 0 spiro atoms. The molecular formula is C22H24N2O6S. The molecule has 2 aromatic carbocycles. The summed E-state index contributed by atoms with van der Waals surface area (Å²) in [5.41, 5.74) is 4.26. The molecule has 164 valence electrons. The van der Waals surface area contributed by atoms with Gasteiger partial charge in [-0.2, -0.15) is 4.36 Å². The van der Waals surface area contributed by atoms with Crippen molar-refractivity contribution in [3.8, 4) is 11.1 Å². The van der Waals surface area contributed by atoms with Gasteiger partial charge in [-0.25, -0.2) is 9.00 Å². The van der Waals surface area contributed by atoms with Crippen molar-refractivity contribution in [3.05, 3.63) is 59.7 Å². The van der Waals surface area contributed by atoms with E-state index in [1.165, 1.54) is 12.5 Å². The van der Waals surface area contributed by atoms with E-state index in [2.05, 4.69) is 9.68 Å². The lowest BCUT2D eigenvalue weighted by Gasteiger charge is -2.17. The highest BCUT2D eigenvalue weighted by Crippen LogP contribution is 2.44. The van der Waals surface area contributed by atoms with Crippen LogP contribution in [0.1, 0.15) is 29.9 Å². The zero-order valence-electron chi connectivity index (χ0n) is 17.2. The number of carbonyl (C=O) groups is 3. The van der Waals surface area contributed by atoms with Gasteiger partial charge in [0.25, 0.3) is 5.91 Å². The van der Waals surface area contributed by atoms with Crippen molar-refractivity contribution in [2.24, 2.45) is 4.36 Å². The third-order valence-corrected chi connectivity index (χ3v) is 5.51. The average molecular weight is 445 g/mol. The summed E-state index contributed by atoms with van der Waals surface area (Å²) < 4.78 is 20.8. The number of carbonyl (C=O) groups excluding carboxylic acids is 2. The number of benzene rings is 2. The van der Waals surface area contributed by atoms with Gasteiger partial charge in [0.05, 0.1) is 0 Å². The summed E-state index contributed by atoms with van der Waals surface area (Å²) >= 11 is 0. The first-order valence-electron chi connectivity index (χ1n) is 9.70. The molecule has 2 amide bonds. The van der Waals surface area contributed by atoms with Gasteiger partial charge in [-0.1, -0.05) is 48.5 Å². The van der Waals surface area contributed by atoms with Gasteiger partial charge < -0.3 is 15.2 Å². The normalized spacial score (nSPS) is 13.6. The molecule has 3 rings (SSSR count). The Labute approximate surface area is 180 Å². The van der Waals surface area contributed by atoms with Crippen LogP contribution in [0.2, 0.25) is 0 Å². The first-order valence-corrected chi connectivity index (χ1v) is 12.0. The minimum Gasteiger partial charge on any atom is -0.481 e. The first-order chi connectivity index (χ1) is 14.7. The number of fused-ring (bicyclic) bond motifs is 3. The summed E-state index contributed by atoms with van der Waals surface area (Å²) in [5, 5.41) is 11.3. The number of carboxylic acid groups (broad SMARTS) is 1. The van der Waals surface area contributed by atoms with Crippen LogP contribution >= 0.6 is 0 Å². The lowest BCUT2D eigenvalue weighted by atomic mass is 9.98. The summed E-state index contributed by atoms with van der Waals surface area (Å²) in [5.74, 6) is -2.12. The topological polar surface area (TPSA) is 122 Å². The predicted molar refractivity (Wildman–Crippen MR) is 116 cm³/mol. The van der Waals surface area contributed by atoms with Crippen molar-refractivity contribution >= 4 is 27.7 Å². The lowest BCUT2D eigenvalue weighted by Crippen LogP contribution is -2.41. The molecule has 31 heavy (non-hydrogen) atoms. The van der Waals surface area contributed by atoms with Crippen LogP contribution in [0.3, 0.4) is 0 Å². The second-order valence-electron chi connectivity index (χ2n) is 7.57. The Morgan fingerprint density at radius 1 is 1.06 bits per heavy atom. The van der Waals surface area contributed by atoms with E-state index in [0.717, 1.165) is 22.3 Å². The monoisotopic (exact) mass is 444 g/mol. The van der Waals surface area contributed by atoms with Gasteiger partial charge in [0.1, 0.15) is 12.6 Å². The van der Waals surface area contributed by atoms with Gasteiger partial charge in [0.15, 0.2) is 0 Å². The SMILES string of the molecule is CS(C)(=O)=NC(=O)C(CCC(=O)O)NC(=O)OCC1c2ccccc2-c2ccccc21. The summed E-state index contributed by atoms with van der Waals surface area (Å²) in [6.07, 6.45) is 1.17. The number of carboxylic acids is 1. The fourth-order valence-electron chi connectivity index (χ4n) is 3.59. The van der Waals surface area contributed by atoms with Crippen molar-refractivity contribution in [1.82, 2.24) is 5.32 Å². The van der Waals surface area contributed by atoms with Crippen molar-refractivity contribution in [1.29, 1.82) is 0 Å². The number of nitrogens with one attached hydrogen (secondary N) is 1. The number of hydrogen-bond acceptors (Lipinski definition) is 5. The number of amides is 2. The number of hydrogen-bond donors (Lipinski definition) is 2. The molecule has 0 bridgehead atoms. The Morgan fingerprint density at radius 2 is 1.61 bits per heavy atom. The quantitative estimate of drug-likeness (QED) is 0.677. The molecule has 0 saturated heterocycles. The van der Waals surface area contributed by atoms with E-state index in [-0.39, 0.29) is 25.4 Å². The second-order valence-corrected chi connectivity index (χ2v) is 10.1. The van der Waals surface area contributed by atoms with E-state index < -0.39 is 33.7 Å². The summed E-state index contributed by atoms with van der Waals surface area (Å²) in [4.78, 5) is 35.6. The van der Waals surface area contributed by atoms with E-state index in [4.69, 9.17) is 9.84 Å². The molecule has 0 saturated carbocycles. The maximum Gasteiger partial charge on any atom is 0.407 e. The molecule has 0 fully saturated rings. The standard InChI is InChI=1S/C22H24N2O6S/c1-31(2,29)24-21(27)19(11-12-20(25)26)23-22(28)30-13-18-16-9-5-3-7-14(16)15-8-4-6-10-17(15)18/h3-10,18-19H,11-13H2,1-2H3,(H,23,28)(H,25,26). The fourth-order valence-corrected chi connectivity index (χ4v) is 4.15. The maximum atomic E-state index is 12.4. The lowest BCUT2D eigenvalue weighted by molar-refractivity contribution is -0.137. The average Bonchev–Trinajstić information content (AvgIpc) is 3.02. The third kappa shape index (κ3) is 5.69. The van der Waals surface area contributed by atoms with Gasteiger partial charge in [-0.3, -0.25) is 9.59 Å². The Hall–Kier alpha value is -3.20. The zero-order chi connectivity index (χ0) is 22.6. The molecule has 0 aliphatic heterocycles. The van der Waals surface area contributed by atoms with Gasteiger partial charge in [0, 0.05) is 34.6 Å². The molecule has 2 N–H and O–H groups in total. The predicted octanol–water partition coefficient (Wildman–Crippen LogP) is 3.01. The van der Waals surface area contributed by atoms with Gasteiger partial charge >= 0.3 is 12.1 Å². The second kappa shape index (κ2) is 9.30. The largest absolute Gasteiger partial charge is 0.481 e. The molecule has 0 aromatic heterocycles. The molecule has 0 heterocycles. The van der Waals surface area contributed by atoms with Crippen LogP contribution in [0.5, 0.6) is 0 Å².